The summed E-state index contributed by atoms with van der Waals surface area (Å²) in [7, 11) is 7.82. The van der Waals surface area contributed by atoms with Crippen molar-refractivity contribution in [1.29, 1.82) is 0 Å². The van der Waals surface area contributed by atoms with Crippen molar-refractivity contribution in [3.8, 4) is 5.75 Å². The maximum atomic E-state index is 5.53. The minimum absolute atomic E-state index is 0. The number of hydrogen-bond donors (Lipinski definition) is 1. The summed E-state index contributed by atoms with van der Waals surface area (Å²) in [5.74, 6) is 3.41. The monoisotopic (exact) mass is 577 g/mol. The first kappa shape index (κ1) is 27.4. The zero-order valence-corrected chi connectivity index (χ0v) is 23.1. The van der Waals surface area contributed by atoms with E-state index in [0.717, 1.165) is 48.4 Å². The molecule has 3 aromatic rings. The topological polar surface area (TPSA) is 70.8 Å². The molecule has 0 aliphatic heterocycles. The molecule has 0 saturated carbocycles. The Hall–Kier alpha value is -2.82. The van der Waals surface area contributed by atoms with Crippen LogP contribution in [0.25, 0.3) is 0 Å². The van der Waals surface area contributed by atoms with Gasteiger partial charge in [0.25, 0.3) is 0 Å². The number of nitrogens with zero attached hydrogens (tertiary/aromatic N) is 6. The number of anilines is 1. The average molecular weight is 578 g/mol. The third kappa shape index (κ3) is 7.61. The summed E-state index contributed by atoms with van der Waals surface area (Å²) >= 11 is 0. The first-order valence-electron chi connectivity index (χ1n) is 11.2. The van der Waals surface area contributed by atoms with E-state index in [9.17, 15) is 0 Å². The molecular weight excluding hydrogens is 541 g/mol. The van der Waals surface area contributed by atoms with Crippen LogP contribution in [0.3, 0.4) is 0 Å². The number of aryl methyl sites for hydroxylation is 1. The Morgan fingerprint density at radius 2 is 1.76 bits per heavy atom. The number of aliphatic imine (C=N–C) groups is 1. The van der Waals surface area contributed by atoms with Crippen LogP contribution in [-0.2, 0) is 20.1 Å². The van der Waals surface area contributed by atoms with Gasteiger partial charge in [0.05, 0.1) is 7.11 Å². The molecule has 1 N–H and O–H groups in total. The van der Waals surface area contributed by atoms with Crippen LogP contribution in [0, 0.1) is 6.92 Å². The van der Waals surface area contributed by atoms with E-state index in [1.165, 1.54) is 5.69 Å². The van der Waals surface area contributed by atoms with Gasteiger partial charge in [-0.2, -0.15) is 0 Å². The van der Waals surface area contributed by atoms with Gasteiger partial charge in [-0.25, -0.2) is 4.99 Å². The molecule has 0 amide bonds. The maximum Gasteiger partial charge on any atom is 0.194 e. The number of ether oxygens (including phenoxy) is 1. The van der Waals surface area contributed by atoms with Crippen LogP contribution in [-0.4, -0.2) is 59.9 Å². The van der Waals surface area contributed by atoms with E-state index in [1.54, 1.807) is 7.11 Å². The lowest BCUT2D eigenvalue weighted by atomic mass is 10.2. The standard InChI is InChI=1S/C25H35N7O.HI/c1-20-28-29-24(32(20)4)18-27-25(31(3)19-21-12-9-10-15-23(21)33-5)26-16-11-17-30(2)22-13-7-6-8-14-22;/h6-10,12-15H,11,16-19H2,1-5H3,(H,26,27);1H. The van der Waals surface area contributed by atoms with Crippen LogP contribution in [0.1, 0.15) is 23.6 Å². The largest absolute Gasteiger partial charge is 0.496 e. The second-order valence-electron chi connectivity index (χ2n) is 8.07. The highest BCUT2D eigenvalue weighted by Gasteiger charge is 2.12. The van der Waals surface area contributed by atoms with Gasteiger partial charge in [0.15, 0.2) is 11.8 Å². The Labute approximate surface area is 220 Å². The summed E-state index contributed by atoms with van der Waals surface area (Å²) in [5, 5.41) is 11.9. The van der Waals surface area contributed by atoms with E-state index in [-0.39, 0.29) is 24.0 Å². The number of para-hydroxylation sites is 2. The highest BCUT2D eigenvalue weighted by Crippen LogP contribution is 2.19. The fourth-order valence-corrected chi connectivity index (χ4v) is 3.54. The molecule has 0 fully saturated rings. The van der Waals surface area contributed by atoms with Crippen molar-refractivity contribution in [1.82, 2.24) is 25.0 Å². The number of nitrogens with one attached hydrogen (secondary N) is 1. The van der Waals surface area contributed by atoms with E-state index >= 15 is 0 Å². The Morgan fingerprint density at radius 1 is 1.06 bits per heavy atom. The second-order valence-corrected chi connectivity index (χ2v) is 8.07. The highest BCUT2D eigenvalue weighted by molar-refractivity contribution is 14.0. The smallest absolute Gasteiger partial charge is 0.194 e. The number of hydrogen-bond acceptors (Lipinski definition) is 5. The Kier molecular flexibility index (Phi) is 11.1. The van der Waals surface area contributed by atoms with E-state index in [1.807, 2.05) is 49.9 Å². The fourth-order valence-electron chi connectivity index (χ4n) is 3.54. The third-order valence-electron chi connectivity index (χ3n) is 5.66. The molecule has 1 heterocycles. The first-order valence-corrected chi connectivity index (χ1v) is 11.2. The molecule has 34 heavy (non-hydrogen) atoms. The Bertz CT molecular complexity index is 1040. The molecule has 0 saturated heterocycles. The first-order chi connectivity index (χ1) is 16.0. The van der Waals surface area contributed by atoms with E-state index < -0.39 is 0 Å². The summed E-state index contributed by atoms with van der Waals surface area (Å²) in [5.41, 5.74) is 2.33. The molecule has 0 unspecified atom stereocenters. The lowest BCUT2D eigenvalue weighted by molar-refractivity contribution is 0.395. The van der Waals surface area contributed by atoms with Gasteiger partial charge in [-0.3, -0.25) is 0 Å². The number of guanidine groups is 1. The van der Waals surface area contributed by atoms with E-state index in [0.29, 0.717) is 13.1 Å². The number of methoxy groups -OCH3 is 1. The van der Waals surface area contributed by atoms with E-state index in [4.69, 9.17) is 9.73 Å². The van der Waals surface area contributed by atoms with Crippen LogP contribution in [0.15, 0.2) is 59.6 Å². The molecule has 0 bridgehead atoms. The SMILES string of the molecule is COc1ccccc1CN(C)C(=NCc1nnc(C)n1C)NCCCN(C)c1ccccc1.I. The lowest BCUT2D eigenvalue weighted by Gasteiger charge is -2.24. The summed E-state index contributed by atoms with van der Waals surface area (Å²) in [6.07, 6.45) is 0.982. The number of benzene rings is 2. The van der Waals surface area contributed by atoms with Crippen molar-refractivity contribution in [2.45, 2.75) is 26.4 Å². The van der Waals surface area contributed by atoms with Gasteiger partial charge in [-0.05, 0) is 31.5 Å². The molecule has 0 radical (unpaired) electrons. The maximum absolute atomic E-state index is 5.53. The van der Waals surface area contributed by atoms with Crippen molar-refractivity contribution in [3.05, 3.63) is 71.8 Å². The van der Waals surface area contributed by atoms with Gasteiger partial charge >= 0.3 is 0 Å². The summed E-state index contributed by atoms with van der Waals surface area (Å²) < 4.78 is 7.50. The molecule has 1 aromatic heterocycles. The molecular formula is C25H36IN7O. The number of halogens is 1. The van der Waals surface area contributed by atoms with Gasteiger partial charge in [0.1, 0.15) is 18.1 Å². The zero-order valence-electron chi connectivity index (χ0n) is 20.7. The third-order valence-corrected chi connectivity index (χ3v) is 5.66. The average Bonchev–Trinajstić information content (AvgIpc) is 3.16. The predicted octanol–water partition coefficient (Wildman–Crippen LogP) is 3.85. The summed E-state index contributed by atoms with van der Waals surface area (Å²) in [4.78, 5) is 9.22. The van der Waals surface area contributed by atoms with Crippen molar-refractivity contribution in [3.63, 3.8) is 0 Å². The van der Waals surface area contributed by atoms with Crippen LogP contribution in [0.4, 0.5) is 5.69 Å². The number of aromatic nitrogens is 3. The Morgan fingerprint density at radius 3 is 2.44 bits per heavy atom. The molecule has 0 spiro atoms. The van der Waals surface area contributed by atoms with Gasteiger partial charge in [0, 0.05) is 52.0 Å². The lowest BCUT2D eigenvalue weighted by Crippen LogP contribution is -2.40. The van der Waals surface area contributed by atoms with Gasteiger partial charge in [-0.15, -0.1) is 34.2 Å². The van der Waals surface area contributed by atoms with Crippen molar-refractivity contribution in [2.24, 2.45) is 12.0 Å². The van der Waals surface area contributed by atoms with Crippen molar-refractivity contribution in [2.75, 3.05) is 39.2 Å². The molecule has 2 aromatic carbocycles. The van der Waals surface area contributed by atoms with Gasteiger partial charge in [-0.1, -0.05) is 36.4 Å². The van der Waals surface area contributed by atoms with Crippen molar-refractivity contribution < 1.29 is 4.74 Å². The number of rotatable bonds is 10. The van der Waals surface area contributed by atoms with Crippen LogP contribution >= 0.6 is 24.0 Å². The molecule has 0 atom stereocenters. The highest BCUT2D eigenvalue weighted by atomic mass is 127. The van der Waals surface area contributed by atoms with Gasteiger partial charge in [0.2, 0.25) is 0 Å². The fraction of sp³-hybridized carbons (Fsp3) is 0.400. The van der Waals surface area contributed by atoms with Crippen LogP contribution in [0.5, 0.6) is 5.75 Å². The predicted molar refractivity (Wildman–Crippen MR) is 149 cm³/mol. The quantitative estimate of drug-likeness (QED) is 0.171. The van der Waals surface area contributed by atoms with E-state index in [2.05, 4.69) is 62.7 Å². The molecule has 9 heteroatoms. The summed E-state index contributed by atoms with van der Waals surface area (Å²) in [6.45, 7) is 4.83. The molecule has 3 rings (SSSR count). The van der Waals surface area contributed by atoms with Crippen molar-refractivity contribution >= 4 is 35.6 Å². The molecule has 184 valence electrons. The zero-order chi connectivity index (χ0) is 23.6. The molecule has 0 aliphatic rings. The molecule has 8 nitrogen and oxygen atoms in total. The minimum Gasteiger partial charge on any atom is -0.496 e. The van der Waals surface area contributed by atoms with Crippen LogP contribution < -0.4 is 15.0 Å². The second kappa shape index (κ2) is 13.8. The van der Waals surface area contributed by atoms with Gasteiger partial charge < -0.3 is 24.4 Å². The summed E-state index contributed by atoms with van der Waals surface area (Å²) in [6, 6.07) is 18.5. The minimum atomic E-state index is 0. The molecule has 0 aliphatic carbocycles. The van der Waals surface area contributed by atoms with Crippen LogP contribution in [0.2, 0.25) is 0 Å². The Balaban J connectivity index is 0.00000408. The normalized spacial score (nSPS) is 11.0.